The van der Waals surface area contributed by atoms with Crippen molar-refractivity contribution >= 4 is 34.7 Å². The van der Waals surface area contributed by atoms with E-state index in [1.807, 2.05) is 48.5 Å². The number of amides is 1. The molecule has 4 rings (SSSR count). The number of nitrogen functional groups attached to an aromatic ring is 1. The molecule has 0 bridgehead atoms. The van der Waals surface area contributed by atoms with Crippen LogP contribution in [-0.4, -0.2) is 27.2 Å². The highest BCUT2D eigenvalue weighted by molar-refractivity contribution is 7.13. The SMILES string of the molecule is N#Cc1c(CCCNC(=O)c2csc(-c3cccc(Cl)c3)n2)nn(-c2ccccc2)c1N. The first-order valence-corrected chi connectivity index (χ1v) is 11.1. The molecule has 0 saturated heterocycles. The molecular formula is C23H19ClN6OS. The number of nitrogens with two attached hydrogens (primary N) is 1. The predicted molar refractivity (Wildman–Crippen MR) is 126 cm³/mol. The van der Waals surface area contributed by atoms with Crippen LogP contribution in [0.1, 0.15) is 28.2 Å². The molecule has 2 heterocycles. The van der Waals surface area contributed by atoms with Gasteiger partial charge < -0.3 is 11.1 Å². The fraction of sp³-hybridized carbons (Fsp3) is 0.130. The molecule has 32 heavy (non-hydrogen) atoms. The summed E-state index contributed by atoms with van der Waals surface area (Å²) in [7, 11) is 0. The summed E-state index contributed by atoms with van der Waals surface area (Å²) in [4.78, 5) is 16.9. The summed E-state index contributed by atoms with van der Waals surface area (Å²) in [5.41, 5.74) is 9.13. The van der Waals surface area contributed by atoms with Crippen LogP contribution < -0.4 is 11.1 Å². The zero-order valence-corrected chi connectivity index (χ0v) is 18.5. The first-order valence-electron chi connectivity index (χ1n) is 9.89. The van der Waals surface area contributed by atoms with E-state index in [-0.39, 0.29) is 5.91 Å². The van der Waals surface area contributed by atoms with Crippen molar-refractivity contribution in [2.24, 2.45) is 0 Å². The Balaban J connectivity index is 1.36. The summed E-state index contributed by atoms with van der Waals surface area (Å²) >= 11 is 7.42. The number of anilines is 1. The lowest BCUT2D eigenvalue weighted by Crippen LogP contribution is -2.25. The smallest absolute Gasteiger partial charge is 0.270 e. The normalized spacial score (nSPS) is 10.6. The van der Waals surface area contributed by atoms with Gasteiger partial charge in [0.1, 0.15) is 28.2 Å². The van der Waals surface area contributed by atoms with E-state index in [9.17, 15) is 10.1 Å². The van der Waals surface area contributed by atoms with Crippen molar-refractivity contribution in [3.05, 3.63) is 82.0 Å². The van der Waals surface area contributed by atoms with E-state index < -0.39 is 0 Å². The molecule has 2 aromatic carbocycles. The molecule has 0 aliphatic heterocycles. The summed E-state index contributed by atoms with van der Waals surface area (Å²) in [5.74, 6) is 0.0677. The van der Waals surface area contributed by atoms with Crippen LogP contribution in [0.5, 0.6) is 0 Å². The molecule has 2 aromatic heterocycles. The van der Waals surface area contributed by atoms with Gasteiger partial charge in [-0.25, -0.2) is 9.67 Å². The molecule has 4 aromatic rings. The second-order valence-electron chi connectivity index (χ2n) is 6.97. The van der Waals surface area contributed by atoms with Crippen molar-refractivity contribution in [1.29, 1.82) is 5.26 Å². The number of halogens is 1. The van der Waals surface area contributed by atoms with Crippen LogP contribution >= 0.6 is 22.9 Å². The maximum atomic E-state index is 12.4. The highest BCUT2D eigenvalue weighted by atomic mass is 35.5. The molecule has 0 unspecified atom stereocenters. The van der Waals surface area contributed by atoms with Crippen molar-refractivity contribution in [3.63, 3.8) is 0 Å². The third kappa shape index (κ3) is 4.64. The van der Waals surface area contributed by atoms with Gasteiger partial charge in [0.05, 0.1) is 11.4 Å². The highest BCUT2D eigenvalue weighted by Crippen LogP contribution is 2.26. The van der Waals surface area contributed by atoms with Gasteiger partial charge in [-0.1, -0.05) is 41.9 Å². The molecule has 0 radical (unpaired) electrons. The van der Waals surface area contributed by atoms with E-state index in [4.69, 9.17) is 17.3 Å². The first kappa shape index (κ1) is 21.6. The van der Waals surface area contributed by atoms with Crippen molar-refractivity contribution in [1.82, 2.24) is 20.1 Å². The van der Waals surface area contributed by atoms with E-state index in [1.54, 1.807) is 16.1 Å². The molecule has 0 aliphatic carbocycles. The van der Waals surface area contributed by atoms with E-state index in [0.29, 0.717) is 47.2 Å². The molecule has 0 saturated carbocycles. The average Bonchev–Trinajstić information content (AvgIpc) is 3.42. The van der Waals surface area contributed by atoms with Crippen LogP contribution in [0.15, 0.2) is 60.0 Å². The third-order valence-electron chi connectivity index (χ3n) is 4.79. The summed E-state index contributed by atoms with van der Waals surface area (Å²) in [6.45, 7) is 0.422. The van der Waals surface area contributed by atoms with E-state index in [2.05, 4.69) is 21.5 Å². The minimum absolute atomic E-state index is 0.246. The lowest BCUT2D eigenvalue weighted by Gasteiger charge is -2.03. The molecule has 7 nitrogen and oxygen atoms in total. The van der Waals surface area contributed by atoms with Crippen LogP contribution in [0.2, 0.25) is 5.02 Å². The minimum atomic E-state index is -0.246. The molecule has 0 atom stereocenters. The number of nitrogens with zero attached hydrogens (tertiary/aromatic N) is 4. The zero-order valence-electron chi connectivity index (χ0n) is 17.0. The number of rotatable bonds is 7. The lowest BCUT2D eigenvalue weighted by atomic mass is 10.1. The lowest BCUT2D eigenvalue weighted by molar-refractivity contribution is 0.0949. The number of carbonyl (C=O) groups excluding carboxylic acids is 1. The summed E-state index contributed by atoms with van der Waals surface area (Å²) in [5, 5.41) is 19.9. The molecule has 0 spiro atoms. The van der Waals surface area contributed by atoms with Crippen molar-refractivity contribution in [2.75, 3.05) is 12.3 Å². The van der Waals surface area contributed by atoms with Gasteiger partial charge in [-0.15, -0.1) is 11.3 Å². The fourth-order valence-electron chi connectivity index (χ4n) is 3.22. The Hall–Kier alpha value is -3.67. The van der Waals surface area contributed by atoms with E-state index in [1.165, 1.54) is 11.3 Å². The molecular weight excluding hydrogens is 444 g/mol. The Bertz CT molecular complexity index is 1290. The van der Waals surface area contributed by atoms with E-state index in [0.717, 1.165) is 16.3 Å². The van der Waals surface area contributed by atoms with E-state index >= 15 is 0 Å². The number of hydrogen-bond acceptors (Lipinski definition) is 6. The van der Waals surface area contributed by atoms with Gasteiger partial charge in [0.2, 0.25) is 0 Å². The molecule has 3 N–H and O–H groups in total. The van der Waals surface area contributed by atoms with Gasteiger partial charge in [-0.2, -0.15) is 10.4 Å². The molecule has 9 heteroatoms. The Morgan fingerprint density at radius 2 is 2.03 bits per heavy atom. The molecule has 1 amide bonds. The Labute approximate surface area is 194 Å². The van der Waals surface area contributed by atoms with Crippen molar-refractivity contribution in [2.45, 2.75) is 12.8 Å². The number of aryl methyl sites for hydroxylation is 1. The molecule has 0 fully saturated rings. The molecule has 160 valence electrons. The van der Waals surface area contributed by atoms with Crippen LogP contribution in [0, 0.1) is 11.3 Å². The van der Waals surface area contributed by atoms with Gasteiger partial charge in [0, 0.05) is 22.5 Å². The Morgan fingerprint density at radius 1 is 1.22 bits per heavy atom. The van der Waals surface area contributed by atoms with Crippen LogP contribution in [0.3, 0.4) is 0 Å². The van der Waals surface area contributed by atoms with Crippen LogP contribution in [0.25, 0.3) is 16.3 Å². The van der Waals surface area contributed by atoms with Gasteiger partial charge in [-0.3, -0.25) is 4.79 Å². The number of nitrogens with one attached hydrogen (secondary N) is 1. The summed E-state index contributed by atoms with van der Waals surface area (Å²) in [6, 6.07) is 18.9. The number of hydrogen-bond donors (Lipinski definition) is 2. The van der Waals surface area contributed by atoms with Crippen LogP contribution in [-0.2, 0) is 6.42 Å². The van der Waals surface area contributed by atoms with Crippen molar-refractivity contribution < 1.29 is 4.79 Å². The van der Waals surface area contributed by atoms with Gasteiger partial charge >= 0.3 is 0 Å². The maximum absolute atomic E-state index is 12.4. The number of para-hydroxylation sites is 1. The fourth-order valence-corrected chi connectivity index (χ4v) is 4.21. The topological polar surface area (TPSA) is 110 Å². The van der Waals surface area contributed by atoms with Crippen LogP contribution in [0.4, 0.5) is 5.82 Å². The van der Waals surface area contributed by atoms with Gasteiger partial charge in [0.25, 0.3) is 5.91 Å². The Kier molecular flexibility index (Phi) is 6.50. The van der Waals surface area contributed by atoms with Gasteiger partial charge in [-0.05, 0) is 37.1 Å². The number of aromatic nitrogens is 3. The monoisotopic (exact) mass is 462 g/mol. The Morgan fingerprint density at radius 3 is 2.78 bits per heavy atom. The first-order chi connectivity index (χ1) is 15.6. The largest absolute Gasteiger partial charge is 0.382 e. The predicted octanol–water partition coefficient (Wildman–Crippen LogP) is 4.47. The third-order valence-corrected chi connectivity index (χ3v) is 5.92. The summed E-state index contributed by atoms with van der Waals surface area (Å²) < 4.78 is 1.57. The van der Waals surface area contributed by atoms with Crippen molar-refractivity contribution in [3.8, 4) is 22.3 Å². The number of nitriles is 1. The zero-order chi connectivity index (χ0) is 22.5. The number of thiazole rings is 1. The summed E-state index contributed by atoms with van der Waals surface area (Å²) in [6.07, 6.45) is 1.12. The maximum Gasteiger partial charge on any atom is 0.270 e. The second kappa shape index (κ2) is 9.64. The quantitative estimate of drug-likeness (QED) is 0.394. The molecule has 0 aliphatic rings. The standard InChI is InChI=1S/C23H19ClN6OS/c24-16-7-4-6-15(12-16)23-28-20(14-32-23)22(31)27-11-5-10-19-18(13-25)21(26)30(29-19)17-8-2-1-3-9-17/h1-4,6-9,12,14H,5,10-11,26H2,(H,27,31). The second-order valence-corrected chi connectivity index (χ2v) is 8.27. The highest BCUT2D eigenvalue weighted by Gasteiger charge is 2.17. The average molecular weight is 463 g/mol. The van der Waals surface area contributed by atoms with Gasteiger partial charge in [0.15, 0.2) is 0 Å². The number of benzene rings is 2. The minimum Gasteiger partial charge on any atom is -0.382 e. The number of carbonyl (C=O) groups is 1.